The summed E-state index contributed by atoms with van der Waals surface area (Å²) in [6, 6.07) is 5.30. The van der Waals surface area contributed by atoms with Crippen LogP contribution in [-0.2, 0) is 4.74 Å². The number of aryl methyl sites for hydroxylation is 1. The molecule has 0 saturated carbocycles. The van der Waals surface area contributed by atoms with E-state index in [-0.39, 0.29) is 11.7 Å². The van der Waals surface area contributed by atoms with Crippen molar-refractivity contribution in [1.82, 2.24) is 0 Å². The summed E-state index contributed by atoms with van der Waals surface area (Å²) in [7, 11) is -1.43. The summed E-state index contributed by atoms with van der Waals surface area (Å²) < 4.78 is 12.2. The SMILES string of the molecule is Cc1cc(B(O)O)ccc1OC1CCOC2(CCSC2)C1. The lowest BCUT2D eigenvalue weighted by Crippen LogP contribution is -2.44. The van der Waals surface area contributed by atoms with Gasteiger partial charge in [0.05, 0.1) is 12.2 Å². The van der Waals surface area contributed by atoms with Gasteiger partial charge in [-0.1, -0.05) is 12.1 Å². The van der Waals surface area contributed by atoms with E-state index in [4.69, 9.17) is 9.47 Å². The molecular weight excluding hydrogens is 287 g/mol. The van der Waals surface area contributed by atoms with E-state index in [2.05, 4.69) is 0 Å². The minimum absolute atomic E-state index is 0.0166. The van der Waals surface area contributed by atoms with Crippen molar-refractivity contribution in [2.45, 2.75) is 37.9 Å². The molecule has 2 aliphatic rings. The summed E-state index contributed by atoms with van der Waals surface area (Å²) in [5, 5.41) is 18.4. The molecule has 3 rings (SSSR count). The third kappa shape index (κ3) is 3.39. The largest absolute Gasteiger partial charge is 0.490 e. The van der Waals surface area contributed by atoms with Crippen molar-refractivity contribution in [3.63, 3.8) is 0 Å². The van der Waals surface area contributed by atoms with Crippen molar-refractivity contribution in [2.24, 2.45) is 0 Å². The number of hydrogen-bond acceptors (Lipinski definition) is 5. The van der Waals surface area contributed by atoms with E-state index < -0.39 is 7.12 Å². The fraction of sp³-hybridized carbons (Fsp3) is 0.600. The average molecular weight is 308 g/mol. The van der Waals surface area contributed by atoms with Crippen LogP contribution in [0.15, 0.2) is 18.2 Å². The van der Waals surface area contributed by atoms with Gasteiger partial charge in [0.25, 0.3) is 0 Å². The molecule has 1 aromatic rings. The predicted molar refractivity (Wildman–Crippen MR) is 85.3 cm³/mol. The molecule has 0 amide bonds. The summed E-state index contributed by atoms with van der Waals surface area (Å²) >= 11 is 1.96. The second kappa shape index (κ2) is 6.20. The third-order valence-corrected chi connectivity index (χ3v) is 5.53. The van der Waals surface area contributed by atoms with Crippen LogP contribution in [0.25, 0.3) is 0 Å². The highest BCUT2D eigenvalue weighted by Crippen LogP contribution is 2.39. The van der Waals surface area contributed by atoms with Gasteiger partial charge < -0.3 is 19.5 Å². The monoisotopic (exact) mass is 308 g/mol. The standard InChI is InChI=1S/C15H21BO4S/c1-11-8-12(16(17)18)2-3-14(11)20-13-4-6-19-15(9-13)5-7-21-10-15/h2-3,8,13,17-18H,4-7,9-10H2,1H3. The maximum atomic E-state index is 9.20. The Morgan fingerprint density at radius 2 is 2.29 bits per heavy atom. The van der Waals surface area contributed by atoms with Gasteiger partial charge >= 0.3 is 7.12 Å². The minimum atomic E-state index is -1.43. The fourth-order valence-electron chi connectivity index (χ4n) is 3.09. The molecule has 2 N–H and O–H groups in total. The summed E-state index contributed by atoms with van der Waals surface area (Å²) in [5.41, 5.74) is 1.44. The van der Waals surface area contributed by atoms with Crippen molar-refractivity contribution in [3.8, 4) is 5.75 Å². The number of rotatable bonds is 3. The van der Waals surface area contributed by atoms with Crippen LogP contribution in [0.1, 0.15) is 24.8 Å². The minimum Gasteiger partial charge on any atom is -0.490 e. The zero-order valence-electron chi connectivity index (χ0n) is 12.2. The van der Waals surface area contributed by atoms with Crippen LogP contribution in [0.2, 0.25) is 0 Å². The van der Waals surface area contributed by atoms with Crippen LogP contribution in [0.4, 0.5) is 0 Å². The van der Waals surface area contributed by atoms with E-state index in [1.807, 2.05) is 24.8 Å². The second-order valence-corrected chi connectivity index (χ2v) is 7.07. The van der Waals surface area contributed by atoms with Crippen LogP contribution >= 0.6 is 11.8 Å². The first-order valence-corrected chi connectivity index (χ1v) is 8.58. The van der Waals surface area contributed by atoms with Gasteiger partial charge in [-0.2, -0.15) is 11.8 Å². The van der Waals surface area contributed by atoms with Gasteiger partial charge in [0.15, 0.2) is 0 Å². The molecule has 2 unspecified atom stereocenters. The molecule has 0 radical (unpaired) electrons. The van der Waals surface area contributed by atoms with Crippen LogP contribution in [0, 0.1) is 6.92 Å². The second-order valence-electron chi connectivity index (χ2n) is 5.97. The normalized spacial score (nSPS) is 28.8. The molecule has 6 heteroatoms. The van der Waals surface area contributed by atoms with E-state index in [1.54, 1.807) is 12.1 Å². The van der Waals surface area contributed by atoms with E-state index in [0.717, 1.165) is 42.9 Å². The Morgan fingerprint density at radius 3 is 2.95 bits per heavy atom. The number of ether oxygens (including phenoxy) is 2. The van der Waals surface area contributed by atoms with Crippen LogP contribution in [0.5, 0.6) is 5.75 Å². The Kier molecular flexibility index (Phi) is 4.50. The van der Waals surface area contributed by atoms with Gasteiger partial charge in [0.2, 0.25) is 0 Å². The van der Waals surface area contributed by atoms with E-state index in [1.165, 1.54) is 5.75 Å². The van der Waals surface area contributed by atoms with Gasteiger partial charge in [0, 0.05) is 18.6 Å². The van der Waals surface area contributed by atoms with Gasteiger partial charge in [-0.25, -0.2) is 0 Å². The van der Waals surface area contributed by atoms with Gasteiger partial charge in [-0.15, -0.1) is 0 Å². The molecule has 1 spiro atoms. The maximum absolute atomic E-state index is 9.20. The molecule has 0 bridgehead atoms. The predicted octanol–water partition coefficient (Wildman–Crippen LogP) is 1.11. The Labute approximate surface area is 130 Å². The highest BCUT2D eigenvalue weighted by molar-refractivity contribution is 7.99. The van der Waals surface area contributed by atoms with Crippen molar-refractivity contribution in [1.29, 1.82) is 0 Å². The summed E-state index contributed by atoms with van der Waals surface area (Å²) in [4.78, 5) is 0. The summed E-state index contributed by atoms with van der Waals surface area (Å²) in [6.45, 7) is 2.69. The van der Waals surface area contributed by atoms with E-state index in [9.17, 15) is 10.0 Å². The number of hydrogen-bond donors (Lipinski definition) is 2. The zero-order chi connectivity index (χ0) is 14.9. The molecule has 2 fully saturated rings. The lowest BCUT2D eigenvalue weighted by Gasteiger charge is -2.37. The van der Waals surface area contributed by atoms with Crippen molar-refractivity contribution in [2.75, 3.05) is 18.1 Å². The molecule has 2 aliphatic heterocycles. The molecule has 114 valence electrons. The van der Waals surface area contributed by atoms with E-state index >= 15 is 0 Å². The highest BCUT2D eigenvalue weighted by atomic mass is 32.2. The Bertz CT molecular complexity index is 502. The molecule has 2 heterocycles. The van der Waals surface area contributed by atoms with Gasteiger partial charge in [-0.05, 0) is 36.2 Å². The maximum Gasteiger partial charge on any atom is 0.488 e. The molecule has 1 aromatic carbocycles. The van der Waals surface area contributed by atoms with Crippen molar-refractivity contribution >= 4 is 24.3 Å². The average Bonchev–Trinajstić information content (AvgIpc) is 2.89. The Balaban J connectivity index is 1.68. The quantitative estimate of drug-likeness (QED) is 0.819. The van der Waals surface area contributed by atoms with E-state index in [0.29, 0.717) is 5.46 Å². The first-order chi connectivity index (χ1) is 10.1. The summed E-state index contributed by atoms with van der Waals surface area (Å²) in [5.74, 6) is 3.07. The van der Waals surface area contributed by atoms with Crippen molar-refractivity contribution in [3.05, 3.63) is 23.8 Å². The Hall–Kier alpha value is -0.685. The lowest BCUT2D eigenvalue weighted by atomic mass is 9.79. The fourth-order valence-corrected chi connectivity index (χ4v) is 4.47. The molecular formula is C15H21BO4S. The molecule has 2 atom stereocenters. The molecule has 2 saturated heterocycles. The topological polar surface area (TPSA) is 58.9 Å². The van der Waals surface area contributed by atoms with Crippen LogP contribution in [0.3, 0.4) is 0 Å². The zero-order valence-corrected chi connectivity index (χ0v) is 13.1. The first kappa shape index (κ1) is 15.2. The van der Waals surface area contributed by atoms with Crippen molar-refractivity contribution < 1.29 is 19.5 Å². The molecule has 0 aliphatic carbocycles. The molecule has 21 heavy (non-hydrogen) atoms. The molecule has 4 nitrogen and oxygen atoms in total. The van der Waals surface area contributed by atoms with Crippen LogP contribution < -0.4 is 10.2 Å². The van der Waals surface area contributed by atoms with Gasteiger partial charge in [-0.3, -0.25) is 0 Å². The number of benzene rings is 1. The first-order valence-electron chi connectivity index (χ1n) is 7.43. The smallest absolute Gasteiger partial charge is 0.488 e. The highest BCUT2D eigenvalue weighted by Gasteiger charge is 2.41. The summed E-state index contributed by atoms with van der Waals surface area (Å²) in [6.07, 6.45) is 3.16. The number of thioether (sulfide) groups is 1. The molecule has 0 aromatic heterocycles. The Morgan fingerprint density at radius 1 is 1.43 bits per heavy atom. The van der Waals surface area contributed by atoms with Crippen LogP contribution in [-0.4, -0.2) is 47.0 Å². The third-order valence-electron chi connectivity index (χ3n) is 4.31. The van der Waals surface area contributed by atoms with Gasteiger partial charge in [0.1, 0.15) is 11.9 Å². The lowest BCUT2D eigenvalue weighted by molar-refractivity contribution is -0.0959.